The Balaban J connectivity index is 1.73. The van der Waals surface area contributed by atoms with Crippen LogP contribution in [0.15, 0.2) is 36.5 Å². The molecule has 0 spiro atoms. The second-order valence-electron chi connectivity index (χ2n) is 6.73. The van der Waals surface area contributed by atoms with Gasteiger partial charge in [0, 0.05) is 6.20 Å². The van der Waals surface area contributed by atoms with Gasteiger partial charge < -0.3 is 5.32 Å². The van der Waals surface area contributed by atoms with Crippen molar-refractivity contribution in [2.45, 2.75) is 39.7 Å². The molecule has 0 aliphatic heterocycles. The lowest BCUT2D eigenvalue weighted by molar-refractivity contribution is -0.128. The average molecular weight is 270 g/mol. The average Bonchev–Trinajstić information content (AvgIpc) is 2.98. The van der Waals surface area contributed by atoms with Crippen molar-refractivity contribution in [3.8, 4) is 0 Å². The molecular weight excluding hydrogens is 248 g/mol. The van der Waals surface area contributed by atoms with Gasteiger partial charge in [-0.05, 0) is 42.7 Å². The van der Waals surface area contributed by atoms with Crippen LogP contribution >= 0.6 is 0 Å². The summed E-state index contributed by atoms with van der Waals surface area (Å²) >= 11 is 0. The van der Waals surface area contributed by atoms with Crippen molar-refractivity contribution in [3.63, 3.8) is 0 Å². The zero-order valence-corrected chi connectivity index (χ0v) is 12.3. The molecule has 3 nitrogen and oxygen atoms in total. The van der Waals surface area contributed by atoms with Crippen LogP contribution in [0.2, 0.25) is 0 Å². The van der Waals surface area contributed by atoms with Crippen molar-refractivity contribution in [2.75, 3.05) is 0 Å². The summed E-state index contributed by atoms with van der Waals surface area (Å²) in [5, 5.41) is 3.07. The summed E-state index contributed by atoms with van der Waals surface area (Å²) in [7, 11) is 0. The SMILES string of the molecule is C=C1C(C)(C)[C@H]2CC[C@]1(C(=O)NCc1ccccn1)C2. The van der Waals surface area contributed by atoms with Gasteiger partial charge in [-0.25, -0.2) is 0 Å². The number of aromatic nitrogens is 1. The fourth-order valence-electron chi connectivity index (χ4n) is 3.98. The van der Waals surface area contributed by atoms with E-state index in [1.807, 2.05) is 18.2 Å². The molecule has 106 valence electrons. The van der Waals surface area contributed by atoms with Crippen LogP contribution in [0.25, 0.3) is 0 Å². The van der Waals surface area contributed by atoms with E-state index in [1.54, 1.807) is 6.20 Å². The van der Waals surface area contributed by atoms with Gasteiger partial charge in [0.1, 0.15) is 0 Å². The van der Waals surface area contributed by atoms with Crippen LogP contribution in [0.5, 0.6) is 0 Å². The molecule has 1 amide bonds. The van der Waals surface area contributed by atoms with E-state index in [2.05, 4.69) is 30.7 Å². The van der Waals surface area contributed by atoms with Crippen molar-refractivity contribution in [2.24, 2.45) is 16.7 Å². The van der Waals surface area contributed by atoms with Crippen LogP contribution in [0, 0.1) is 16.7 Å². The number of amides is 1. The first-order valence-electron chi connectivity index (χ1n) is 7.35. The molecule has 2 bridgehead atoms. The van der Waals surface area contributed by atoms with Gasteiger partial charge >= 0.3 is 0 Å². The molecular formula is C17H22N2O. The Labute approximate surface area is 120 Å². The first-order valence-corrected chi connectivity index (χ1v) is 7.35. The van der Waals surface area contributed by atoms with E-state index < -0.39 is 0 Å². The second kappa shape index (κ2) is 4.44. The summed E-state index contributed by atoms with van der Waals surface area (Å²) in [6, 6.07) is 5.76. The highest BCUT2D eigenvalue weighted by molar-refractivity contribution is 5.87. The second-order valence-corrected chi connectivity index (χ2v) is 6.73. The van der Waals surface area contributed by atoms with Crippen molar-refractivity contribution in [1.82, 2.24) is 10.3 Å². The maximum atomic E-state index is 12.7. The Morgan fingerprint density at radius 1 is 1.50 bits per heavy atom. The molecule has 2 aliphatic carbocycles. The van der Waals surface area contributed by atoms with Gasteiger partial charge in [0.05, 0.1) is 17.7 Å². The maximum absolute atomic E-state index is 12.7. The Morgan fingerprint density at radius 2 is 2.30 bits per heavy atom. The van der Waals surface area contributed by atoms with Gasteiger partial charge in [-0.1, -0.05) is 32.1 Å². The number of carbonyl (C=O) groups excluding carboxylic acids is 1. The van der Waals surface area contributed by atoms with E-state index in [-0.39, 0.29) is 16.7 Å². The summed E-state index contributed by atoms with van der Waals surface area (Å²) in [6.45, 7) is 9.22. The molecule has 2 saturated carbocycles. The molecule has 3 heteroatoms. The Kier molecular flexibility index (Phi) is 2.96. The standard InChI is InChI=1S/C17H22N2O/c1-12-16(2,3)13-7-8-17(12,10-13)15(20)19-11-14-6-4-5-9-18-14/h4-6,9,13H,1,7-8,10-11H2,2-3H3,(H,19,20)/t13-,17-/m0/s1. The Bertz CT molecular complexity index is 549. The molecule has 0 unspecified atom stereocenters. The lowest BCUT2D eigenvalue weighted by atomic mass is 9.68. The number of pyridine rings is 1. The number of nitrogens with one attached hydrogen (secondary N) is 1. The minimum absolute atomic E-state index is 0.0978. The van der Waals surface area contributed by atoms with E-state index in [0.29, 0.717) is 12.5 Å². The topological polar surface area (TPSA) is 42.0 Å². The lowest BCUT2D eigenvalue weighted by Gasteiger charge is -2.37. The van der Waals surface area contributed by atoms with Gasteiger partial charge in [0.2, 0.25) is 5.91 Å². The summed E-state index contributed by atoms with van der Waals surface area (Å²) in [4.78, 5) is 16.9. The summed E-state index contributed by atoms with van der Waals surface area (Å²) < 4.78 is 0. The molecule has 20 heavy (non-hydrogen) atoms. The number of carbonyl (C=O) groups is 1. The van der Waals surface area contributed by atoms with E-state index in [0.717, 1.165) is 30.5 Å². The highest BCUT2D eigenvalue weighted by Crippen LogP contribution is 2.65. The largest absolute Gasteiger partial charge is 0.350 e. The van der Waals surface area contributed by atoms with Gasteiger partial charge in [-0.3, -0.25) is 9.78 Å². The molecule has 1 aromatic rings. The number of hydrogen-bond donors (Lipinski definition) is 1. The fourth-order valence-corrected chi connectivity index (χ4v) is 3.98. The molecule has 2 atom stereocenters. The van der Waals surface area contributed by atoms with Crippen molar-refractivity contribution < 1.29 is 4.79 Å². The Hall–Kier alpha value is -1.64. The number of rotatable bonds is 3. The van der Waals surface area contributed by atoms with Gasteiger partial charge in [-0.2, -0.15) is 0 Å². The quantitative estimate of drug-likeness (QED) is 0.858. The van der Waals surface area contributed by atoms with Crippen molar-refractivity contribution in [3.05, 3.63) is 42.2 Å². The minimum atomic E-state index is -0.330. The highest BCUT2D eigenvalue weighted by Gasteiger charge is 2.60. The molecule has 3 rings (SSSR count). The number of nitrogens with zero attached hydrogens (tertiary/aromatic N) is 1. The van der Waals surface area contributed by atoms with Crippen LogP contribution in [0.4, 0.5) is 0 Å². The zero-order valence-electron chi connectivity index (χ0n) is 12.3. The zero-order chi connectivity index (χ0) is 14.4. The molecule has 0 radical (unpaired) electrons. The van der Waals surface area contributed by atoms with E-state index >= 15 is 0 Å². The maximum Gasteiger partial charge on any atom is 0.230 e. The summed E-state index contributed by atoms with van der Waals surface area (Å²) in [5.41, 5.74) is 1.79. The molecule has 1 aromatic heterocycles. The predicted octanol–water partition coefficient (Wildman–Crippen LogP) is 3.08. The number of hydrogen-bond acceptors (Lipinski definition) is 2. The molecule has 1 N–H and O–H groups in total. The van der Waals surface area contributed by atoms with E-state index in [1.165, 1.54) is 0 Å². The third-order valence-electron chi connectivity index (χ3n) is 5.48. The summed E-state index contributed by atoms with van der Waals surface area (Å²) in [5.74, 6) is 0.747. The highest BCUT2D eigenvalue weighted by atomic mass is 16.2. The van der Waals surface area contributed by atoms with Crippen LogP contribution in [-0.4, -0.2) is 10.9 Å². The van der Waals surface area contributed by atoms with Gasteiger partial charge in [0.25, 0.3) is 0 Å². The first-order chi connectivity index (χ1) is 9.47. The number of fused-ring (bicyclic) bond motifs is 2. The third kappa shape index (κ3) is 1.80. The predicted molar refractivity (Wildman–Crippen MR) is 78.8 cm³/mol. The molecule has 1 heterocycles. The van der Waals surface area contributed by atoms with E-state index in [9.17, 15) is 4.79 Å². The van der Waals surface area contributed by atoms with Crippen molar-refractivity contribution >= 4 is 5.91 Å². The monoisotopic (exact) mass is 270 g/mol. The van der Waals surface area contributed by atoms with Crippen LogP contribution in [-0.2, 0) is 11.3 Å². The fraction of sp³-hybridized carbons (Fsp3) is 0.529. The van der Waals surface area contributed by atoms with Crippen molar-refractivity contribution in [1.29, 1.82) is 0 Å². The smallest absolute Gasteiger partial charge is 0.230 e. The third-order valence-corrected chi connectivity index (χ3v) is 5.48. The minimum Gasteiger partial charge on any atom is -0.350 e. The van der Waals surface area contributed by atoms with Gasteiger partial charge in [0.15, 0.2) is 0 Å². The Morgan fingerprint density at radius 3 is 2.90 bits per heavy atom. The molecule has 0 aromatic carbocycles. The molecule has 2 fully saturated rings. The summed E-state index contributed by atoms with van der Waals surface area (Å²) in [6.07, 6.45) is 4.81. The van der Waals surface area contributed by atoms with Crippen LogP contribution < -0.4 is 5.32 Å². The van der Waals surface area contributed by atoms with Crippen LogP contribution in [0.1, 0.15) is 38.8 Å². The van der Waals surface area contributed by atoms with Gasteiger partial charge in [-0.15, -0.1) is 0 Å². The lowest BCUT2D eigenvalue weighted by Crippen LogP contribution is -2.41. The molecule has 2 aliphatic rings. The van der Waals surface area contributed by atoms with Crippen LogP contribution in [0.3, 0.4) is 0 Å². The normalized spacial score (nSPS) is 30.5. The first kappa shape index (κ1) is 13.3. The molecule has 0 saturated heterocycles. The van der Waals surface area contributed by atoms with E-state index in [4.69, 9.17) is 0 Å².